The van der Waals surface area contributed by atoms with Gasteiger partial charge in [-0.15, -0.1) is 0 Å². The summed E-state index contributed by atoms with van der Waals surface area (Å²) in [6.45, 7) is 0. The Bertz CT molecular complexity index is 272. The zero-order valence-electron chi connectivity index (χ0n) is 6.28. The molecule has 0 saturated heterocycles. The first-order valence-corrected chi connectivity index (χ1v) is 3.36. The third kappa shape index (κ3) is 2.40. The molecular weight excluding hydrogens is 191 g/mol. The number of benzene rings is 1. The van der Waals surface area contributed by atoms with Crippen molar-refractivity contribution in [2.45, 2.75) is 12.6 Å². The van der Waals surface area contributed by atoms with Gasteiger partial charge in [-0.25, -0.2) is 8.78 Å². The van der Waals surface area contributed by atoms with Crippen LogP contribution in [0.15, 0.2) is 24.3 Å². The van der Waals surface area contributed by atoms with E-state index in [0.717, 1.165) is 12.1 Å². The highest BCUT2D eigenvalue weighted by Crippen LogP contribution is 2.30. The highest BCUT2D eigenvalue weighted by atomic mass is 19.4. The number of hydrogen-bond acceptors (Lipinski definition) is 0. The lowest BCUT2D eigenvalue weighted by Gasteiger charge is -2.06. The highest BCUT2D eigenvalue weighted by molar-refractivity contribution is 5.25. The maximum Gasteiger partial charge on any atom is 0.416 e. The number of hydrogen-bond donors (Lipinski definition) is 0. The summed E-state index contributed by atoms with van der Waals surface area (Å²) in [4.78, 5) is 0. The van der Waals surface area contributed by atoms with Gasteiger partial charge in [0.2, 0.25) is 0 Å². The Hall–Kier alpha value is -1.13. The van der Waals surface area contributed by atoms with Gasteiger partial charge in [0, 0.05) is 5.56 Å². The Morgan fingerprint density at radius 3 is 1.69 bits per heavy atom. The van der Waals surface area contributed by atoms with Crippen molar-refractivity contribution in [2.24, 2.45) is 0 Å². The molecule has 5 heteroatoms. The van der Waals surface area contributed by atoms with Crippen molar-refractivity contribution in [1.29, 1.82) is 0 Å². The van der Waals surface area contributed by atoms with Gasteiger partial charge in [0.1, 0.15) is 0 Å². The van der Waals surface area contributed by atoms with Crippen molar-refractivity contribution in [2.75, 3.05) is 0 Å². The SMILES string of the molecule is FC(F)c1ccc(C(F)(F)F)cc1. The van der Waals surface area contributed by atoms with Crippen LogP contribution in [-0.4, -0.2) is 0 Å². The lowest BCUT2D eigenvalue weighted by atomic mass is 10.1. The smallest absolute Gasteiger partial charge is 0.205 e. The molecule has 0 aliphatic carbocycles. The molecule has 0 aliphatic rings. The monoisotopic (exact) mass is 196 g/mol. The van der Waals surface area contributed by atoms with Gasteiger partial charge in [-0.05, 0) is 12.1 Å². The minimum absolute atomic E-state index is 0.409. The molecule has 0 amide bonds. The third-order valence-electron chi connectivity index (χ3n) is 1.49. The topological polar surface area (TPSA) is 0 Å². The number of halogens is 5. The van der Waals surface area contributed by atoms with Crippen LogP contribution < -0.4 is 0 Å². The van der Waals surface area contributed by atoms with Crippen LogP contribution in [0, 0.1) is 0 Å². The van der Waals surface area contributed by atoms with E-state index in [-0.39, 0.29) is 0 Å². The quantitative estimate of drug-likeness (QED) is 0.601. The molecule has 1 aromatic rings. The van der Waals surface area contributed by atoms with Gasteiger partial charge in [-0.3, -0.25) is 0 Å². The minimum Gasteiger partial charge on any atom is -0.205 e. The lowest BCUT2D eigenvalue weighted by Crippen LogP contribution is -2.04. The molecule has 0 unspecified atom stereocenters. The number of rotatable bonds is 1. The highest BCUT2D eigenvalue weighted by Gasteiger charge is 2.30. The molecule has 0 radical (unpaired) electrons. The van der Waals surface area contributed by atoms with Gasteiger partial charge in [0.05, 0.1) is 5.56 Å². The van der Waals surface area contributed by atoms with Crippen LogP contribution in [0.2, 0.25) is 0 Å². The van der Waals surface area contributed by atoms with Gasteiger partial charge in [0.25, 0.3) is 6.43 Å². The van der Waals surface area contributed by atoms with Gasteiger partial charge in [0.15, 0.2) is 0 Å². The molecule has 0 bridgehead atoms. The fraction of sp³-hybridized carbons (Fsp3) is 0.250. The lowest BCUT2D eigenvalue weighted by molar-refractivity contribution is -0.137. The summed E-state index contributed by atoms with van der Waals surface area (Å²) in [6, 6.07) is 2.82. The number of alkyl halides is 5. The second-order valence-electron chi connectivity index (χ2n) is 2.42. The average molecular weight is 196 g/mol. The first-order valence-electron chi connectivity index (χ1n) is 3.36. The molecular formula is C8H5F5. The molecule has 0 N–H and O–H groups in total. The summed E-state index contributed by atoms with van der Waals surface area (Å²) in [5.41, 5.74) is -1.33. The molecule has 0 atom stereocenters. The predicted octanol–water partition coefficient (Wildman–Crippen LogP) is 3.64. The summed E-state index contributed by atoms with van der Waals surface area (Å²) >= 11 is 0. The molecule has 0 heterocycles. The maximum absolute atomic E-state index is 11.9. The van der Waals surface area contributed by atoms with E-state index in [1.807, 2.05) is 0 Å². The molecule has 0 aliphatic heterocycles. The van der Waals surface area contributed by atoms with E-state index >= 15 is 0 Å². The molecule has 1 aromatic carbocycles. The Morgan fingerprint density at radius 1 is 0.923 bits per heavy atom. The van der Waals surface area contributed by atoms with E-state index in [1.165, 1.54) is 0 Å². The third-order valence-corrected chi connectivity index (χ3v) is 1.49. The van der Waals surface area contributed by atoms with Gasteiger partial charge in [-0.1, -0.05) is 12.1 Å². The molecule has 1 rings (SSSR count). The first kappa shape index (κ1) is 9.95. The van der Waals surface area contributed by atoms with Crippen molar-refractivity contribution < 1.29 is 22.0 Å². The Morgan fingerprint density at radius 2 is 1.38 bits per heavy atom. The van der Waals surface area contributed by atoms with Crippen molar-refractivity contribution in [3.63, 3.8) is 0 Å². The first-order chi connectivity index (χ1) is 5.91. The van der Waals surface area contributed by atoms with Crippen molar-refractivity contribution in [3.05, 3.63) is 35.4 Å². The fourth-order valence-electron chi connectivity index (χ4n) is 0.818. The van der Waals surface area contributed by atoms with Crippen molar-refractivity contribution in [3.8, 4) is 0 Å². The predicted molar refractivity (Wildman–Crippen MR) is 36.4 cm³/mol. The Labute approximate surface area is 71.0 Å². The van der Waals surface area contributed by atoms with Gasteiger partial charge < -0.3 is 0 Å². The van der Waals surface area contributed by atoms with Crippen LogP contribution in [0.1, 0.15) is 17.6 Å². The zero-order valence-corrected chi connectivity index (χ0v) is 6.28. The van der Waals surface area contributed by atoms with Crippen LogP contribution in [0.3, 0.4) is 0 Å². The zero-order chi connectivity index (χ0) is 10.1. The van der Waals surface area contributed by atoms with Crippen molar-refractivity contribution >= 4 is 0 Å². The van der Waals surface area contributed by atoms with Crippen molar-refractivity contribution in [1.82, 2.24) is 0 Å². The standard InChI is InChI=1S/C8H5F5/c9-7(10)5-1-3-6(4-2-5)8(11,12)13/h1-4,7H. The second kappa shape index (κ2) is 3.32. The van der Waals surface area contributed by atoms with E-state index in [1.54, 1.807) is 0 Å². The van der Waals surface area contributed by atoms with E-state index in [2.05, 4.69) is 0 Å². The minimum atomic E-state index is -4.47. The summed E-state index contributed by atoms with van der Waals surface area (Å²) in [7, 11) is 0. The van der Waals surface area contributed by atoms with E-state index in [4.69, 9.17) is 0 Å². The van der Waals surface area contributed by atoms with E-state index in [0.29, 0.717) is 12.1 Å². The Kier molecular flexibility index (Phi) is 2.54. The van der Waals surface area contributed by atoms with Crippen LogP contribution in [0.4, 0.5) is 22.0 Å². The molecule has 0 fully saturated rings. The van der Waals surface area contributed by atoms with Crippen LogP contribution in [-0.2, 0) is 6.18 Å². The fourth-order valence-corrected chi connectivity index (χ4v) is 0.818. The summed E-state index contributed by atoms with van der Waals surface area (Å²) in [5, 5.41) is 0. The molecule has 0 nitrogen and oxygen atoms in total. The summed E-state index contributed by atoms with van der Waals surface area (Å²) < 4.78 is 59.6. The van der Waals surface area contributed by atoms with Crippen LogP contribution in [0.5, 0.6) is 0 Å². The maximum atomic E-state index is 11.9. The van der Waals surface area contributed by atoms with E-state index in [9.17, 15) is 22.0 Å². The van der Waals surface area contributed by atoms with Crippen LogP contribution >= 0.6 is 0 Å². The second-order valence-corrected chi connectivity index (χ2v) is 2.42. The largest absolute Gasteiger partial charge is 0.416 e. The van der Waals surface area contributed by atoms with Gasteiger partial charge in [-0.2, -0.15) is 13.2 Å². The average Bonchev–Trinajstić information content (AvgIpc) is 2.03. The molecule has 13 heavy (non-hydrogen) atoms. The van der Waals surface area contributed by atoms with E-state index < -0.39 is 23.7 Å². The molecule has 0 spiro atoms. The Balaban J connectivity index is 2.94. The van der Waals surface area contributed by atoms with Crippen LogP contribution in [0.25, 0.3) is 0 Å². The molecule has 72 valence electrons. The molecule has 0 aromatic heterocycles. The summed E-state index contributed by atoms with van der Waals surface area (Å²) in [6.07, 6.45) is -7.21. The summed E-state index contributed by atoms with van der Waals surface area (Å²) in [5.74, 6) is 0. The molecule has 0 saturated carbocycles. The normalized spacial score (nSPS) is 12.2. The van der Waals surface area contributed by atoms with Gasteiger partial charge >= 0.3 is 6.18 Å².